The number of nitriles is 1. The number of fused-ring (bicyclic) bond motifs is 1. The van der Waals surface area contributed by atoms with Crippen molar-refractivity contribution < 1.29 is 13.3 Å². The van der Waals surface area contributed by atoms with E-state index < -0.39 is 18.8 Å². The van der Waals surface area contributed by atoms with E-state index >= 15 is 4.39 Å². The first-order chi connectivity index (χ1) is 16.6. The van der Waals surface area contributed by atoms with Crippen LogP contribution in [0, 0.1) is 29.9 Å². The fourth-order valence-corrected chi connectivity index (χ4v) is 4.77. The highest BCUT2D eigenvalue weighted by Gasteiger charge is 2.20. The van der Waals surface area contributed by atoms with E-state index in [1.54, 1.807) is 25.7 Å². The van der Waals surface area contributed by atoms with Gasteiger partial charge in [0.2, 0.25) is 0 Å². The van der Waals surface area contributed by atoms with Crippen molar-refractivity contribution in [3.8, 4) is 17.3 Å². The van der Waals surface area contributed by atoms with Crippen molar-refractivity contribution in [2.75, 3.05) is 18.1 Å². The lowest BCUT2D eigenvalue weighted by molar-refractivity contribution is 0.585. The van der Waals surface area contributed by atoms with E-state index in [1.165, 1.54) is 30.5 Å². The van der Waals surface area contributed by atoms with Crippen LogP contribution in [0.5, 0.6) is 0 Å². The summed E-state index contributed by atoms with van der Waals surface area (Å²) >= 11 is 6.51. The summed E-state index contributed by atoms with van der Waals surface area (Å²) in [4.78, 5) is 13.1. The third kappa shape index (κ3) is 4.88. The fraction of sp³-hybridized carbons (Fsp3) is 0.200. The minimum absolute atomic E-state index is 0.0209. The van der Waals surface area contributed by atoms with Gasteiger partial charge in [-0.2, -0.15) is 5.26 Å². The number of hydrogen-bond acceptors (Lipinski definition) is 6. The highest BCUT2D eigenvalue weighted by Crippen LogP contribution is 2.39. The van der Waals surface area contributed by atoms with E-state index in [4.69, 9.17) is 16.9 Å². The minimum Gasteiger partial charge on any atom is -0.378 e. The summed E-state index contributed by atoms with van der Waals surface area (Å²) in [6.07, 6.45) is 1.91. The number of rotatable bonds is 6. The van der Waals surface area contributed by atoms with Gasteiger partial charge in [-0.25, -0.2) is 18.7 Å². The topological polar surface area (TPSA) is 91.6 Å². The second kappa shape index (κ2) is 9.69. The molecule has 1 aromatic carbocycles. The maximum absolute atomic E-state index is 15.0. The number of nitrogens with zero attached hydrogens (tertiary/aromatic N) is 4. The van der Waals surface area contributed by atoms with Crippen LogP contribution in [0.1, 0.15) is 23.7 Å². The summed E-state index contributed by atoms with van der Waals surface area (Å²) in [6.45, 7) is 5.19. The lowest BCUT2D eigenvalue weighted by atomic mass is 10.1. The van der Waals surface area contributed by atoms with Gasteiger partial charge in [-0.15, -0.1) is 0 Å². The van der Waals surface area contributed by atoms with Crippen LogP contribution in [-0.2, 0) is 11.1 Å². The Morgan fingerprint density at radius 1 is 1.14 bits per heavy atom. The Morgan fingerprint density at radius 3 is 2.57 bits per heavy atom. The van der Waals surface area contributed by atoms with Crippen LogP contribution in [0.4, 0.5) is 14.5 Å². The van der Waals surface area contributed by atoms with Crippen molar-refractivity contribution in [1.82, 2.24) is 15.0 Å². The van der Waals surface area contributed by atoms with Gasteiger partial charge >= 0.3 is 0 Å². The largest absolute Gasteiger partial charge is 0.378 e. The van der Waals surface area contributed by atoms with Gasteiger partial charge in [-0.1, -0.05) is 18.5 Å². The Morgan fingerprint density at radius 2 is 1.91 bits per heavy atom. The SMILES string of the molecule is CCP(C)(=O)c1ccc(-c2nc3c(NCc4cc(C#N)ccc4F)c(Cl)c(C)nc3cc2F)cn1. The Hall–Kier alpha value is -3.40. The molecule has 1 atom stereocenters. The zero-order chi connectivity index (χ0) is 25.3. The smallest absolute Gasteiger partial charge is 0.151 e. The van der Waals surface area contributed by atoms with Gasteiger partial charge in [0.15, 0.2) is 5.82 Å². The number of benzene rings is 1. The fourth-order valence-electron chi connectivity index (χ4n) is 3.56. The maximum Gasteiger partial charge on any atom is 0.151 e. The number of nitrogens with one attached hydrogen (secondary N) is 1. The van der Waals surface area contributed by atoms with Crippen molar-refractivity contribution >= 4 is 40.9 Å². The molecule has 3 heterocycles. The van der Waals surface area contributed by atoms with Crippen molar-refractivity contribution in [1.29, 1.82) is 5.26 Å². The number of aromatic nitrogens is 3. The van der Waals surface area contributed by atoms with Crippen LogP contribution in [0.15, 0.2) is 42.6 Å². The van der Waals surface area contributed by atoms with Gasteiger partial charge in [0, 0.05) is 36.1 Å². The Bertz CT molecular complexity index is 1540. The van der Waals surface area contributed by atoms with Gasteiger partial charge in [0.05, 0.1) is 39.0 Å². The van der Waals surface area contributed by atoms with Crippen LogP contribution in [-0.4, -0.2) is 27.8 Å². The molecular formula is C25H21ClF2N5OP. The van der Waals surface area contributed by atoms with E-state index in [0.29, 0.717) is 39.6 Å². The molecule has 10 heteroatoms. The Kier molecular flexibility index (Phi) is 6.84. The average Bonchev–Trinajstić information content (AvgIpc) is 2.85. The number of aryl methyl sites for hydroxylation is 1. The van der Waals surface area contributed by atoms with Crippen molar-refractivity contribution in [3.63, 3.8) is 0 Å². The molecule has 6 nitrogen and oxygen atoms in total. The molecular weight excluding hydrogens is 491 g/mol. The van der Waals surface area contributed by atoms with E-state index in [1.807, 2.05) is 13.0 Å². The normalized spacial score (nSPS) is 12.8. The third-order valence-corrected chi connectivity index (χ3v) is 8.66. The number of hydrogen-bond donors (Lipinski definition) is 1. The summed E-state index contributed by atoms with van der Waals surface area (Å²) in [5, 5.41) is 12.5. The first-order valence-corrected chi connectivity index (χ1v) is 13.5. The zero-order valence-electron chi connectivity index (χ0n) is 19.2. The molecule has 0 aliphatic carbocycles. The molecule has 0 saturated carbocycles. The quantitative estimate of drug-likeness (QED) is 0.317. The molecule has 0 fully saturated rings. The molecule has 0 bridgehead atoms. The van der Waals surface area contributed by atoms with E-state index in [-0.39, 0.29) is 28.3 Å². The third-order valence-electron chi connectivity index (χ3n) is 5.76. The lowest BCUT2D eigenvalue weighted by Gasteiger charge is -2.15. The minimum atomic E-state index is -2.57. The highest BCUT2D eigenvalue weighted by molar-refractivity contribution is 7.70. The molecule has 0 aliphatic heterocycles. The summed E-state index contributed by atoms with van der Waals surface area (Å²) < 4.78 is 41.9. The predicted octanol–water partition coefficient (Wildman–Crippen LogP) is 6.05. The molecule has 0 amide bonds. The average molecular weight is 512 g/mol. The maximum atomic E-state index is 15.0. The second-order valence-electron chi connectivity index (χ2n) is 8.17. The van der Waals surface area contributed by atoms with Crippen molar-refractivity contribution in [2.24, 2.45) is 0 Å². The zero-order valence-corrected chi connectivity index (χ0v) is 20.9. The monoisotopic (exact) mass is 511 g/mol. The molecule has 35 heavy (non-hydrogen) atoms. The highest BCUT2D eigenvalue weighted by atomic mass is 35.5. The number of anilines is 1. The van der Waals surface area contributed by atoms with Gasteiger partial charge in [-0.05, 0) is 43.9 Å². The summed E-state index contributed by atoms with van der Waals surface area (Å²) in [7, 11) is -2.57. The Balaban J connectivity index is 1.79. The van der Waals surface area contributed by atoms with Gasteiger partial charge in [0.25, 0.3) is 0 Å². The van der Waals surface area contributed by atoms with Crippen molar-refractivity contribution in [2.45, 2.75) is 20.4 Å². The van der Waals surface area contributed by atoms with Crippen LogP contribution < -0.4 is 10.8 Å². The first kappa shape index (κ1) is 24.7. The summed E-state index contributed by atoms with van der Waals surface area (Å²) in [5.41, 5.74) is 2.88. The summed E-state index contributed by atoms with van der Waals surface area (Å²) in [6, 6.07) is 10.6. The van der Waals surface area contributed by atoms with Crippen molar-refractivity contribution in [3.05, 3.63) is 76.1 Å². The molecule has 3 aromatic heterocycles. The second-order valence-corrected chi connectivity index (χ2v) is 11.8. The van der Waals surface area contributed by atoms with Gasteiger partial charge in [0.1, 0.15) is 24.2 Å². The van der Waals surface area contributed by atoms with Crippen LogP contribution in [0.25, 0.3) is 22.3 Å². The van der Waals surface area contributed by atoms with Gasteiger partial charge < -0.3 is 9.88 Å². The molecule has 0 aliphatic rings. The Labute approximate surface area is 206 Å². The molecule has 0 saturated heterocycles. The molecule has 0 radical (unpaired) electrons. The van der Waals surface area contributed by atoms with Crippen LogP contribution >= 0.6 is 18.7 Å². The molecule has 1 unspecified atom stereocenters. The molecule has 4 rings (SSSR count). The molecule has 1 N–H and O–H groups in total. The van der Waals surface area contributed by atoms with E-state index in [9.17, 15) is 8.96 Å². The predicted molar refractivity (Wildman–Crippen MR) is 135 cm³/mol. The van der Waals surface area contributed by atoms with Gasteiger partial charge in [-0.3, -0.25) is 4.98 Å². The first-order valence-electron chi connectivity index (χ1n) is 10.8. The molecule has 0 spiro atoms. The summed E-state index contributed by atoms with van der Waals surface area (Å²) in [5.74, 6) is -1.08. The number of halogens is 3. The van der Waals surface area contributed by atoms with Crippen LogP contribution in [0.3, 0.4) is 0 Å². The van der Waals surface area contributed by atoms with Crippen LogP contribution in [0.2, 0.25) is 5.02 Å². The van der Waals surface area contributed by atoms with E-state index in [0.717, 1.165) is 0 Å². The number of pyridine rings is 3. The molecule has 178 valence electrons. The lowest BCUT2D eigenvalue weighted by Crippen LogP contribution is -2.10. The standard InChI is InChI=1S/C25H21ClF2N5OP/c1-4-35(3,34)21-8-6-16(12-30-21)23-19(28)10-20-24(33-23)25(22(26)14(2)32-20)31-13-17-9-15(11-29)5-7-18(17)27/h5-10,12H,4,13H2,1-3H3,(H,31,32). The molecule has 4 aromatic rings. The van der Waals surface area contributed by atoms with E-state index in [2.05, 4.69) is 20.3 Å².